The lowest BCUT2D eigenvalue weighted by atomic mass is 9.74. The van der Waals surface area contributed by atoms with E-state index in [1.54, 1.807) is 0 Å². The van der Waals surface area contributed by atoms with E-state index in [1.165, 1.54) is 36.2 Å². The first-order valence-electron chi connectivity index (χ1n) is 5.38. The topological polar surface area (TPSA) is 12.0 Å². The summed E-state index contributed by atoms with van der Waals surface area (Å²) in [7, 11) is 0. The van der Waals surface area contributed by atoms with Crippen molar-refractivity contribution in [2.45, 2.75) is 31.6 Å². The van der Waals surface area contributed by atoms with Gasteiger partial charge in [0.25, 0.3) is 0 Å². The quantitative estimate of drug-likeness (QED) is 0.653. The van der Waals surface area contributed by atoms with Crippen molar-refractivity contribution in [1.29, 1.82) is 0 Å². The van der Waals surface area contributed by atoms with Crippen molar-refractivity contribution >= 4 is 5.69 Å². The van der Waals surface area contributed by atoms with Crippen molar-refractivity contribution in [3.05, 3.63) is 41.6 Å². The Morgan fingerprint density at radius 2 is 2.14 bits per heavy atom. The van der Waals surface area contributed by atoms with E-state index in [1.807, 2.05) is 0 Å². The molecular weight excluding hydrogens is 170 g/mol. The zero-order chi connectivity index (χ0) is 9.60. The molecule has 0 unspecified atom stereocenters. The SMILES string of the molecule is C[C@@]12CCCC=C1Nc1ccccc12. The molecule has 0 amide bonds. The van der Waals surface area contributed by atoms with Crippen LogP contribution in [-0.4, -0.2) is 0 Å². The van der Waals surface area contributed by atoms with E-state index in [9.17, 15) is 0 Å². The monoisotopic (exact) mass is 185 g/mol. The van der Waals surface area contributed by atoms with E-state index in [-0.39, 0.29) is 5.41 Å². The van der Waals surface area contributed by atoms with Crippen molar-refractivity contribution in [2.24, 2.45) is 0 Å². The lowest BCUT2D eigenvalue weighted by molar-refractivity contribution is 0.483. The number of rotatable bonds is 0. The van der Waals surface area contributed by atoms with Gasteiger partial charge in [0.05, 0.1) is 0 Å². The smallest absolute Gasteiger partial charge is 0.0424 e. The van der Waals surface area contributed by atoms with Gasteiger partial charge in [-0.2, -0.15) is 0 Å². The fraction of sp³-hybridized carbons (Fsp3) is 0.385. The van der Waals surface area contributed by atoms with E-state index in [0.29, 0.717) is 0 Å². The van der Waals surface area contributed by atoms with Gasteiger partial charge < -0.3 is 5.32 Å². The first-order chi connectivity index (χ1) is 6.81. The van der Waals surface area contributed by atoms with E-state index >= 15 is 0 Å². The number of allylic oxidation sites excluding steroid dienone is 2. The molecule has 1 aliphatic carbocycles. The van der Waals surface area contributed by atoms with Gasteiger partial charge in [-0.25, -0.2) is 0 Å². The number of benzene rings is 1. The predicted octanol–water partition coefficient (Wildman–Crippen LogP) is 3.44. The molecule has 0 bridgehead atoms. The van der Waals surface area contributed by atoms with E-state index in [2.05, 4.69) is 42.6 Å². The molecule has 1 aromatic rings. The van der Waals surface area contributed by atoms with Gasteiger partial charge in [0.1, 0.15) is 0 Å². The molecule has 0 spiro atoms. The highest BCUT2D eigenvalue weighted by Gasteiger charge is 2.39. The normalized spacial score (nSPS) is 28.8. The van der Waals surface area contributed by atoms with E-state index in [4.69, 9.17) is 0 Å². The molecule has 1 heteroatoms. The van der Waals surface area contributed by atoms with Crippen LogP contribution in [0.15, 0.2) is 36.0 Å². The maximum Gasteiger partial charge on any atom is 0.0424 e. The van der Waals surface area contributed by atoms with Crippen LogP contribution in [0.3, 0.4) is 0 Å². The van der Waals surface area contributed by atoms with Gasteiger partial charge in [-0.1, -0.05) is 24.3 Å². The average molecular weight is 185 g/mol. The summed E-state index contributed by atoms with van der Waals surface area (Å²) in [5.74, 6) is 0. The van der Waals surface area contributed by atoms with Crippen LogP contribution in [0.5, 0.6) is 0 Å². The van der Waals surface area contributed by atoms with Gasteiger partial charge in [-0.05, 0) is 37.8 Å². The molecule has 1 heterocycles. The molecule has 1 aromatic carbocycles. The van der Waals surface area contributed by atoms with Crippen LogP contribution >= 0.6 is 0 Å². The zero-order valence-electron chi connectivity index (χ0n) is 8.51. The number of para-hydroxylation sites is 1. The van der Waals surface area contributed by atoms with Crippen LogP contribution < -0.4 is 5.32 Å². The lowest BCUT2D eigenvalue weighted by Crippen LogP contribution is -2.24. The minimum atomic E-state index is 0.273. The Labute approximate surface area is 84.8 Å². The van der Waals surface area contributed by atoms with Crippen LogP contribution in [0, 0.1) is 0 Å². The summed E-state index contributed by atoms with van der Waals surface area (Å²) in [5.41, 5.74) is 4.48. The first kappa shape index (κ1) is 8.10. The third kappa shape index (κ3) is 0.899. The summed E-state index contributed by atoms with van der Waals surface area (Å²) >= 11 is 0. The molecule has 0 aromatic heterocycles. The Hall–Kier alpha value is -1.24. The molecule has 1 atom stereocenters. The highest BCUT2D eigenvalue weighted by molar-refractivity contribution is 5.68. The number of fused-ring (bicyclic) bond motifs is 3. The highest BCUT2D eigenvalue weighted by atomic mass is 15.0. The largest absolute Gasteiger partial charge is 0.358 e. The third-order valence-corrected chi connectivity index (χ3v) is 3.61. The highest BCUT2D eigenvalue weighted by Crippen LogP contribution is 2.48. The van der Waals surface area contributed by atoms with E-state index < -0.39 is 0 Å². The fourth-order valence-electron chi connectivity index (χ4n) is 2.75. The molecule has 0 saturated carbocycles. The van der Waals surface area contributed by atoms with Crippen LogP contribution in [0.1, 0.15) is 31.7 Å². The minimum absolute atomic E-state index is 0.273. The number of hydrogen-bond donors (Lipinski definition) is 1. The van der Waals surface area contributed by atoms with Gasteiger partial charge in [-0.3, -0.25) is 0 Å². The Morgan fingerprint density at radius 1 is 1.29 bits per heavy atom. The standard InChI is InChI=1S/C13H15N/c1-13-9-5-4-8-12(13)14-11-7-3-2-6-10(11)13/h2-3,6-8,14H,4-5,9H2,1H3/t13-/m0/s1. The van der Waals surface area contributed by atoms with Crippen molar-refractivity contribution in [2.75, 3.05) is 5.32 Å². The maximum absolute atomic E-state index is 3.54. The summed E-state index contributed by atoms with van der Waals surface area (Å²) in [5, 5.41) is 3.54. The summed E-state index contributed by atoms with van der Waals surface area (Å²) < 4.78 is 0. The molecule has 14 heavy (non-hydrogen) atoms. The van der Waals surface area contributed by atoms with Gasteiger partial charge in [0.15, 0.2) is 0 Å². The molecule has 2 aliphatic rings. The minimum Gasteiger partial charge on any atom is -0.358 e. The molecule has 1 N–H and O–H groups in total. The fourth-order valence-corrected chi connectivity index (χ4v) is 2.75. The Balaban J connectivity index is 2.21. The van der Waals surface area contributed by atoms with Crippen LogP contribution in [0.4, 0.5) is 5.69 Å². The number of anilines is 1. The van der Waals surface area contributed by atoms with Gasteiger partial charge >= 0.3 is 0 Å². The third-order valence-electron chi connectivity index (χ3n) is 3.61. The summed E-state index contributed by atoms with van der Waals surface area (Å²) in [6.07, 6.45) is 6.19. The van der Waals surface area contributed by atoms with Crippen LogP contribution in [0.25, 0.3) is 0 Å². The maximum atomic E-state index is 3.54. The summed E-state index contributed by atoms with van der Waals surface area (Å²) in [6.45, 7) is 2.36. The van der Waals surface area contributed by atoms with Crippen molar-refractivity contribution in [1.82, 2.24) is 0 Å². The van der Waals surface area contributed by atoms with Gasteiger partial charge in [-0.15, -0.1) is 0 Å². The summed E-state index contributed by atoms with van der Waals surface area (Å²) in [4.78, 5) is 0. The lowest BCUT2D eigenvalue weighted by Gasteiger charge is -2.29. The predicted molar refractivity (Wildman–Crippen MR) is 59.4 cm³/mol. The van der Waals surface area contributed by atoms with Crippen LogP contribution in [0.2, 0.25) is 0 Å². The molecule has 1 nitrogen and oxygen atoms in total. The summed E-state index contributed by atoms with van der Waals surface area (Å²) in [6, 6.07) is 8.69. The van der Waals surface area contributed by atoms with Gasteiger partial charge in [0.2, 0.25) is 0 Å². The van der Waals surface area contributed by atoms with E-state index in [0.717, 1.165) is 0 Å². The average Bonchev–Trinajstić information content (AvgIpc) is 2.51. The Kier molecular flexibility index (Phi) is 1.52. The number of nitrogens with one attached hydrogen (secondary N) is 1. The second kappa shape index (κ2) is 2.63. The Bertz CT molecular complexity index is 405. The molecular formula is C13H15N. The molecule has 1 aliphatic heterocycles. The van der Waals surface area contributed by atoms with Crippen molar-refractivity contribution in [3.8, 4) is 0 Å². The molecule has 0 saturated heterocycles. The van der Waals surface area contributed by atoms with Crippen LogP contribution in [-0.2, 0) is 5.41 Å². The second-order valence-corrected chi connectivity index (χ2v) is 4.51. The zero-order valence-corrected chi connectivity index (χ0v) is 8.51. The molecule has 0 radical (unpaired) electrons. The Morgan fingerprint density at radius 3 is 3.07 bits per heavy atom. The molecule has 72 valence electrons. The molecule has 3 rings (SSSR count). The second-order valence-electron chi connectivity index (χ2n) is 4.51. The van der Waals surface area contributed by atoms with Gasteiger partial charge in [0, 0.05) is 16.8 Å². The van der Waals surface area contributed by atoms with Crippen molar-refractivity contribution in [3.63, 3.8) is 0 Å². The molecule has 0 fully saturated rings. The first-order valence-corrected chi connectivity index (χ1v) is 5.38. The number of hydrogen-bond acceptors (Lipinski definition) is 1. The van der Waals surface area contributed by atoms with Crippen molar-refractivity contribution < 1.29 is 0 Å².